The Morgan fingerprint density at radius 2 is 1.68 bits per heavy atom. The van der Waals surface area contributed by atoms with Gasteiger partial charge in [-0.2, -0.15) is 0 Å². The Morgan fingerprint density at radius 3 is 2.32 bits per heavy atom. The van der Waals surface area contributed by atoms with Crippen molar-refractivity contribution >= 4 is 51.6 Å². The molecule has 0 unspecified atom stereocenters. The van der Waals surface area contributed by atoms with E-state index in [4.69, 9.17) is 21.6 Å². The molecule has 0 fully saturated rings. The molecule has 5 rings (SSSR count). The van der Waals surface area contributed by atoms with Crippen LogP contribution in [0.2, 0.25) is 0 Å². The molecule has 10 heteroatoms. The molecule has 0 radical (unpaired) electrons. The molecule has 0 atom stereocenters. The van der Waals surface area contributed by atoms with Crippen molar-refractivity contribution < 1.29 is 9.21 Å². The van der Waals surface area contributed by atoms with Gasteiger partial charge in [0.05, 0.1) is 24.2 Å². The number of amides is 1. The van der Waals surface area contributed by atoms with Crippen LogP contribution in [-0.4, -0.2) is 25.8 Å². The van der Waals surface area contributed by atoms with E-state index < -0.39 is 0 Å². The molecule has 3 heterocycles. The number of rotatable bonds is 7. The average molecular weight is 507 g/mol. The lowest BCUT2D eigenvalue weighted by molar-refractivity contribution is -0.118. The van der Waals surface area contributed by atoms with Crippen LogP contribution in [0.5, 0.6) is 0 Å². The standard InChI is InChI=1S/C24H18N4O3S3/c29-19(25-14-18-12-7-13-31-18)15-33-23-26-21-20(22(30)28(23)17-10-5-2-6-11-17)34-24(32)27(21)16-8-3-1-4-9-16/h1-13H,14-15H2,(H,25,29). The first kappa shape index (κ1) is 22.3. The fraction of sp³-hybridized carbons (Fsp3) is 0.0833. The van der Waals surface area contributed by atoms with Gasteiger partial charge in [-0.05, 0) is 48.6 Å². The Labute approximate surface area is 207 Å². The summed E-state index contributed by atoms with van der Waals surface area (Å²) in [5, 5.41) is 3.23. The zero-order valence-electron chi connectivity index (χ0n) is 17.7. The third-order valence-corrected chi connectivity index (χ3v) is 7.27. The first-order chi connectivity index (χ1) is 16.6. The summed E-state index contributed by atoms with van der Waals surface area (Å²) in [4.78, 5) is 30.9. The van der Waals surface area contributed by atoms with Crippen LogP contribution >= 0.6 is 35.3 Å². The molecular formula is C24H18N4O3S3. The Bertz CT molecular complexity index is 1560. The van der Waals surface area contributed by atoms with Gasteiger partial charge >= 0.3 is 0 Å². The summed E-state index contributed by atoms with van der Waals surface area (Å²) in [5.41, 5.74) is 1.76. The maximum Gasteiger partial charge on any atom is 0.278 e. The maximum absolute atomic E-state index is 13.6. The summed E-state index contributed by atoms with van der Waals surface area (Å²) >= 11 is 8.02. The van der Waals surface area contributed by atoms with Crippen molar-refractivity contribution in [3.8, 4) is 11.4 Å². The minimum atomic E-state index is -0.222. The Kier molecular flexibility index (Phi) is 6.43. The van der Waals surface area contributed by atoms with Crippen molar-refractivity contribution in [3.63, 3.8) is 0 Å². The molecule has 0 spiro atoms. The van der Waals surface area contributed by atoms with Gasteiger partial charge in [-0.25, -0.2) is 4.98 Å². The summed E-state index contributed by atoms with van der Waals surface area (Å²) in [7, 11) is 0. The zero-order chi connectivity index (χ0) is 23.5. The van der Waals surface area contributed by atoms with Crippen LogP contribution in [-0.2, 0) is 11.3 Å². The molecule has 170 valence electrons. The van der Waals surface area contributed by atoms with Crippen LogP contribution < -0.4 is 10.9 Å². The number of para-hydroxylation sites is 2. The number of thioether (sulfide) groups is 1. The minimum absolute atomic E-state index is 0.0850. The van der Waals surface area contributed by atoms with Crippen molar-refractivity contribution in [2.75, 3.05) is 5.75 Å². The number of carbonyl (C=O) groups is 1. The fourth-order valence-electron chi connectivity index (χ4n) is 3.42. The highest BCUT2D eigenvalue weighted by molar-refractivity contribution is 7.99. The Balaban J connectivity index is 1.56. The molecule has 34 heavy (non-hydrogen) atoms. The highest BCUT2D eigenvalue weighted by Crippen LogP contribution is 2.27. The summed E-state index contributed by atoms with van der Waals surface area (Å²) in [6.07, 6.45) is 1.56. The molecule has 0 aliphatic heterocycles. The van der Waals surface area contributed by atoms with E-state index in [9.17, 15) is 9.59 Å². The lowest BCUT2D eigenvalue weighted by atomic mass is 10.3. The first-order valence-electron chi connectivity index (χ1n) is 10.3. The lowest BCUT2D eigenvalue weighted by Gasteiger charge is -2.13. The summed E-state index contributed by atoms with van der Waals surface area (Å²) in [6.45, 7) is 0.294. The topological polar surface area (TPSA) is 82.1 Å². The average Bonchev–Trinajstić information content (AvgIpc) is 3.50. The predicted molar refractivity (Wildman–Crippen MR) is 137 cm³/mol. The van der Waals surface area contributed by atoms with Gasteiger partial charge in [0.1, 0.15) is 10.5 Å². The third kappa shape index (κ3) is 4.47. The quantitative estimate of drug-likeness (QED) is 0.191. The van der Waals surface area contributed by atoms with E-state index in [1.807, 2.05) is 60.7 Å². The number of hydrogen-bond acceptors (Lipinski definition) is 7. The minimum Gasteiger partial charge on any atom is -0.467 e. The molecule has 3 aromatic heterocycles. The van der Waals surface area contributed by atoms with Gasteiger partial charge in [-0.1, -0.05) is 59.5 Å². The number of hydrogen-bond donors (Lipinski definition) is 1. The van der Waals surface area contributed by atoms with E-state index in [1.165, 1.54) is 27.7 Å². The highest BCUT2D eigenvalue weighted by atomic mass is 32.2. The molecule has 0 bridgehead atoms. The van der Waals surface area contributed by atoms with E-state index in [1.54, 1.807) is 23.0 Å². The number of nitrogens with one attached hydrogen (secondary N) is 1. The second kappa shape index (κ2) is 9.80. The monoisotopic (exact) mass is 506 g/mol. The van der Waals surface area contributed by atoms with Crippen LogP contribution in [0, 0.1) is 3.95 Å². The molecule has 1 N–H and O–H groups in total. The fourth-order valence-corrected chi connectivity index (χ4v) is 5.56. The van der Waals surface area contributed by atoms with E-state index in [0.717, 1.165) is 5.69 Å². The van der Waals surface area contributed by atoms with E-state index >= 15 is 0 Å². The normalized spacial score (nSPS) is 11.1. The van der Waals surface area contributed by atoms with Gasteiger partial charge in [0, 0.05) is 5.69 Å². The lowest BCUT2D eigenvalue weighted by Crippen LogP contribution is -2.26. The third-order valence-electron chi connectivity index (χ3n) is 4.98. The van der Waals surface area contributed by atoms with Gasteiger partial charge in [0.2, 0.25) is 5.91 Å². The van der Waals surface area contributed by atoms with Crippen molar-refractivity contribution in [1.29, 1.82) is 0 Å². The molecule has 1 amide bonds. The number of nitrogens with zero attached hydrogens (tertiary/aromatic N) is 3. The van der Waals surface area contributed by atoms with Crippen molar-refractivity contribution in [2.45, 2.75) is 11.7 Å². The summed E-state index contributed by atoms with van der Waals surface area (Å²) in [6, 6.07) is 22.4. The molecule has 0 saturated heterocycles. The van der Waals surface area contributed by atoms with E-state index in [0.29, 0.717) is 37.5 Å². The Morgan fingerprint density at radius 1 is 1.00 bits per heavy atom. The highest BCUT2D eigenvalue weighted by Gasteiger charge is 2.19. The van der Waals surface area contributed by atoms with Crippen LogP contribution in [0.1, 0.15) is 5.76 Å². The number of aromatic nitrogens is 3. The Hall–Kier alpha value is -3.47. The van der Waals surface area contributed by atoms with E-state index in [-0.39, 0.29) is 17.2 Å². The largest absolute Gasteiger partial charge is 0.467 e. The van der Waals surface area contributed by atoms with Gasteiger partial charge in [0.15, 0.2) is 14.8 Å². The smallest absolute Gasteiger partial charge is 0.278 e. The zero-order valence-corrected chi connectivity index (χ0v) is 20.2. The van der Waals surface area contributed by atoms with Crippen molar-refractivity contribution in [1.82, 2.24) is 19.4 Å². The number of carbonyl (C=O) groups excluding carboxylic acids is 1. The first-order valence-corrected chi connectivity index (χ1v) is 12.5. The van der Waals surface area contributed by atoms with Crippen molar-refractivity contribution in [2.24, 2.45) is 0 Å². The summed E-state index contributed by atoms with van der Waals surface area (Å²) in [5.74, 6) is 0.557. The molecule has 0 saturated carbocycles. The SMILES string of the molecule is O=C(CSc1nc2c(sc(=S)n2-c2ccccc2)c(=O)n1-c1ccccc1)NCc1ccco1. The van der Waals surface area contributed by atoms with Crippen LogP contribution in [0.15, 0.2) is 93.4 Å². The maximum atomic E-state index is 13.6. The van der Waals surface area contributed by atoms with Gasteiger partial charge in [-0.3, -0.25) is 18.7 Å². The van der Waals surface area contributed by atoms with Gasteiger partial charge in [0.25, 0.3) is 5.56 Å². The molecular weight excluding hydrogens is 488 g/mol. The predicted octanol–water partition coefficient (Wildman–Crippen LogP) is 4.97. The van der Waals surface area contributed by atoms with E-state index in [2.05, 4.69) is 5.32 Å². The van der Waals surface area contributed by atoms with Crippen LogP contribution in [0.25, 0.3) is 21.7 Å². The molecule has 0 aliphatic carbocycles. The molecule has 7 nitrogen and oxygen atoms in total. The number of thiazole rings is 1. The number of benzene rings is 2. The second-order valence-corrected chi connectivity index (χ2v) is 9.79. The number of fused-ring (bicyclic) bond motifs is 1. The van der Waals surface area contributed by atoms with Gasteiger partial charge < -0.3 is 9.73 Å². The van der Waals surface area contributed by atoms with Gasteiger partial charge in [-0.15, -0.1) is 0 Å². The number of furan rings is 1. The van der Waals surface area contributed by atoms with Crippen molar-refractivity contribution in [3.05, 3.63) is 99.1 Å². The van der Waals surface area contributed by atoms with Crippen LogP contribution in [0.4, 0.5) is 0 Å². The molecule has 0 aliphatic rings. The molecule has 2 aromatic carbocycles. The molecule has 5 aromatic rings. The second-order valence-electron chi connectivity index (χ2n) is 7.21. The summed E-state index contributed by atoms with van der Waals surface area (Å²) < 4.78 is 9.58. The van der Waals surface area contributed by atoms with Crippen LogP contribution in [0.3, 0.4) is 0 Å².